The van der Waals surface area contributed by atoms with Crippen LogP contribution in [0.4, 0.5) is 4.79 Å². The number of hydrogen-bond donors (Lipinski definition) is 2. The SMILES string of the molecule is COc1ccc(SCC(=O)OCC(=O)NC(=O)NCC(C)C)cc1. The lowest BCUT2D eigenvalue weighted by atomic mass is 10.2. The van der Waals surface area contributed by atoms with Crippen LogP contribution in [-0.4, -0.2) is 43.9 Å². The third-order valence-electron chi connectivity index (χ3n) is 2.70. The van der Waals surface area contributed by atoms with Gasteiger partial charge in [0.15, 0.2) is 6.61 Å². The molecule has 0 atom stereocenters. The summed E-state index contributed by atoms with van der Waals surface area (Å²) >= 11 is 1.28. The Hall–Kier alpha value is -2.22. The molecule has 2 N–H and O–H groups in total. The molecule has 0 aliphatic heterocycles. The van der Waals surface area contributed by atoms with Crippen LogP contribution in [0.15, 0.2) is 29.2 Å². The molecule has 0 saturated heterocycles. The van der Waals surface area contributed by atoms with Crippen LogP contribution in [0.1, 0.15) is 13.8 Å². The van der Waals surface area contributed by atoms with E-state index in [0.29, 0.717) is 6.54 Å². The van der Waals surface area contributed by atoms with Gasteiger partial charge < -0.3 is 14.8 Å². The third-order valence-corrected chi connectivity index (χ3v) is 3.69. The molecule has 1 aromatic carbocycles. The van der Waals surface area contributed by atoms with Crippen molar-refractivity contribution in [3.8, 4) is 5.75 Å². The van der Waals surface area contributed by atoms with Crippen molar-refractivity contribution in [1.82, 2.24) is 10.6 Å². The van der Waals surface area contributed by atoms with Gasteiger partial charge in [0.05, 0.1) is 12.9 Å². The first kappa shape index (κ1) is 19.8. The number of urea groups is 1. The number of carbonyl (C=O) groups excluding carboxylic acids is 3. The van der Waals surface area contributed by atoms with Crippen LogP contribution in [0.5, 0.6) is 5.75 Å². The van der Waals surface area contributed by atoms with Crippen molar-refractivity contribution in [2.75, 3.05) is 26.0 Å². The van der Waals surface area contributed by atoms with E-state index in [0.717, 1.165) is 10.6 Å². The first-order chi connectivity index (χ1) is 11.4. The number of ether oxygens (including phenoxy) is 2. The van der Waals surface area contributed by atoms with Gasteiger partial charge in [-0.1, -0.05) is 13.8 Å². The summed E-state index contributed by atoms with van der Waals surface area (Å²) in [6, 6.07) is 6.62. The molecular formula is C16H22N2O5S. The predicted molar refractivity (Wildman–Crippen MR) is 91.1 cm³/mol. The number of nitrogens with one attached hydrogen (secondary N) is 2. The first-order valence-corrected chi connectivity index (χ1v) is 8.39. The lowest BCUT2D eigenvalue weighted by molar-refractivity contribution is -0.145. The summed E-state index contributed by atoms with van der Waals surface area (Å²) in [4.78, 5) is 35.3. The second-order valence-electron chi connectivity index (χ2n) is 5.28. The number of esters is 1. The molecule has 0 saturated carbocycles. The van der Waals surface area contributed by atoms with Crippen molar-refractivity contribution >= 4 is 29.7 Å². The van der Waals surface area contributed by atoms with Gasteiger partial charge in [-0.2, -0.15) is 0 Å². The number of amides is 3. The number of benzene rings is 1. The highest BCUT2D eigenvalue weighted by molar-refractivity contribution is 8.00. The monoisotopic (exact) mass is 354 g/mol. The highest BCUT2D eigenvalue weighted by Gasteiger charge is 2.11. The maximum Gasteiger partial charge on any atom is 0.321 e. The number of methoxy groups -OCH3 is 1. The molecular weight excluding hydrogens is 332 g/mol. The topological polar surface area (TPSA) is 93.7 Å². The van der Waals surface area contributed by atoms with Gasteiger partial charge in [-0.25, -0.2) is 4.79 Å². The second-order valence-corrected chi connectivity index (χ2v) is 6.33. The number of carbonyl (C=O) groups is 3. The average molecular weight is 354 g/mol. The molecule has 132 valence electrons. The summed E-state index contributed by atoms with van der Waals surface area (Å²) in [6.07, 6.45) is 0. The standard InChI is InChI=1S/C16H22N2O5S/c1-11(2)8-17-16(21)18-14(19)9-23-15(20)10-24-13-6-4-12(22-3)5-7-13/h4-7,11H,8-10H2,1-3H3,(H2,17,18,19,21). The van der Waals surface area contributed by atoms with Gasteiger partial charge in [-0.15, -0.1) is 11.8 Å². The summed E-state index contributed by atoms with van der Waals surface area (Å²) in [5.74, 6) is -0.125. The molecule has 0 aliphatic rings. The fraction of sp³-hybridized carbons (Fsp3) is 0.438. The van der Waals surface area contributed by atoms with Crippen molar-refractivity contribution in [2.45, 2.75) is 18.7 Å². The van der Waals surface area contributed by atoms with Gasteiger partial charge in [-0.05, 0) is 30.2 Å². The van der Waals surface area contributed by atoms with Crippen LogP contribution in [0.3, 0.4) is 0 Å². The molecule has 0 heterocycles. The molecule has 7 nitrogen and oxygen atoms in total. The van der Waals surface area contributed by atoms with Gasteiger partial charge in [0.1, 0.15) is 5.75 Å². The molecule has 0 aromatic heterocycles. The van der Waals surface area contributed by atoms with E-state index in [4.69, 9.17) is 9.47 Å². The van der Waals surface area contributed by atoms with Gasteiger partial charge in [-0.3, -0.25) is 14.9 Å². The van der Waals surface area contributed by atoms with Crippen molar-refractivity contribution in [2.24, 2.45) is 5.92 Å². The van der Waals surface area contributed by atoms with Crippen LogP contribution in [0.2, 0.25) is 0 Å². The Balaban J connectivity index is 2.22. The Morgan fingerprint density at radius 1 is 1.17 bits per heavy atom. The summed E-state index contributed by atoms with van der Waals surface area (Å²) in [5, 5.41) is 4.62. The fourth-order valence-corrected chi connectivity index (χ4v) is 2.20. The second kappa shape index (κ2) is 10.5. The minimum absolute atomic E-state index is 0.0686. The molecule has 1 rings (SSSR count). The summed E-state index contributed by atoms with van der Waals surface area (Å²) in [6.45, 7) is 3.84. The van der Waals surface area contributed by atoms with Crippen LogP contribution in [0, 0.1) is 5.92 Å². The molecule has 8 heteroatoms. The number of hydrogen-bond acceptors (Lipinski definition) is 6. The maximum atomic E-state index is 11.6. The van der Waals surface area contributed by atoms with Crippen LogP contribution in [-0.2, 0) is 14.3 Å². The molecule has 0 spiro atoms. The van der Waals surface area contributed by atoms with Gasteiger partial charge in [0.25, 0.3) is 5.91 Å². The number of rotatable bonds is 8. The van der Waals surface area contributed by atoms with E-state index < -0.39 is 24.5 Å². The van der Waals surface area contributed by atoms with Gasteiger partial charge >= 0.3 is 12.0 Å². The van der Waals surface area contributed by atoms with Gasteiger partial charge in [0, 0.05) is 11.4 Å². The molecule has 0 bridgehead atoms. The van der Waals surface area contributed by atoms with Crippen molar-refractivity contribution in [1.29, 1.82) is 0 Å². The van der Waals surface area contributed by atoms with E-state index in [9.17, 15) is 14.4 Å². The Bertz CT molecular complexity index is 560. The normalized spacial score (nSPS) is 10.2. The van der Waals surface area contributed by atoms with Crippen LogP contribution in [0.25, 0.3) is 0 Å². The van der Waals surface area contributed by atoms with Crippen LogP contribution < -0.4 is 15.4 Å². The molecule has 0 radical (unpaired) electrons. The largest absolute Gasteiger partial charge is 0.497 e. The zero-order valence-corrected chi connectivity index (χ0v) is 14.8. The summed E-state index contributed by atoms with van der Waals surface area (Å²) in [7, 11) is 1.58. The Morgan fingerprint density at radius 2 is 1.83 bits per heavy atom. The van der Waals surface area contributed by atoms with E-state index in [1.807, 2.05) is 26.0 Å². The lowest BCUT2D eigenvalue weighted by Gasteiger charge is -2.09. The Labute approximate surface area is 145 Å². The van der Waals surface area contributed by atoms with E-state index >= 15 is 0 Å². The minimum Gasteiger partial charge on any atom is -0.497 e. The Kier molecular flexibility index (Phi) is 8.70. The lowest BCUT2D eigenvalue weighted by Crippen LogP contribution is -2.42. The maximum absolute atomic E-state index is 11.6. The smallest absolute Gasteiger partial charge is 0.321 e. The Morgan fingerprint density at radius 3 is 2.42 bits per heavy atom. The molecule has 1 aromatic rings. The van der Waals surface area contributed by atoms with Crippen molar-refractivity contribution in [3.05, 3.63) is 24.3 Å². The van der Waals surface area contributed by atoms with E-state index in [1.165, 1.54) is 11.8 Å². The highest BCUT2D eigenvalue weighted by Crippen LogP contribution is 2.21. The predicted octanol–water partition coefficient (Wildman–Crippen LogP) is 1.81. The molecule has 0 fully saturated rings. The molecule has 24 heavy (non-hydrogen) atoms. The minimum atomic E-state index is -0.668. The summed E-state index contributed by atoms with van der Waals surface area (Å²) < 4.78 is 9.86. The van der Waals surface area contributed by atoms with E-state index in [-0.39, 0.29) is 11.7 Å². The number of imide groups is 1. The summed E-state index contributed by atoms with van der Waals surface area (Å²) in [5.41, 5.74) is 0. The fourth-order valence-electron chi connectivity index (χ4n) is 1.51. The zero-order valence-electron chi connectivity index (χ0n) is 14.0. The van der Waals surface area contributed by atoms with E-state index in [2.05, 4.69) is 10.6 Å². The number of thioether (sulfide) groups is 1. The molecule has 0 unspecified atom stereocenters. The molecule has 0 aliphatic carbocycles. The van der Waals surface area contributed by atoms with E-state index in [1.54, 1.807) is 19.2 Å². The first-order valence-electron chi connectivity index (χ1n) is 7.41. The zero-order chi connectivity index (χ0) is 17.9. The van der Waals surface area contributed by atoms with Crippen LogP contribution >= 0.6 is 11.8 Å². The highest BCUT2D eigenvalue weighted by atomic mass is 32.2. The van der Waals surface area contributed by atoms with Gasteiger partial charge in [0.2, 0.25) is 0 Å². The molecule has 3 amide bonds. The quantitative estimate of drug-likeness (QED) is 0.546. The average Bonchev–Trinajstić information content (AvgIpc) is 2.56. The van der Waals surface area contributed by atoms with Crippen molar-refractivity contribution < 1.29 is 23.9 Å². The third kappa shape index (κ3) is 8.42. The van der Waals surface area contributed by atoms with Crippen molar-refractivity contribution in [3.63, 3.8) is 0 Å².